The topological polar surface area (TPSA) is 75.7 Å². The highest BCUT2D eigenvalue weighted by molar-refractivity contribution is 5.85. The normalized spacial score (nSPS) is 22.3. The molecule has 2 aromatic carbocycles. The third-order valence-electron chi connectivity index (χ3n) is 7.20. The first-order valence-corrected chi connectivity index (χ1v) is 12.2. The smallest absolute Gasteiger partial charge is 0.222 e. The number of hydrogen-bond donors (Lipinski definition) is 1. The molecule has 4 rings (SSSR count). The van der Waals surface area contributed by atoms with E-state index in [0.717, 1.165) is 36.1 Å². The van der Waals surface area contributed by atoms with Gasteiger partial charge in [0.25, 0.3) is 0 Å². The van der Waals surface area contributed by atoms with Gasteiger partial charge in [0.1, 0.15) is 11.5 Å². The van der Waals surface area contributed by atoms with E-state index in [9.17, 15) is 14.4 Å². The van der Waals surface area contributed by atoms with Gasteiger partial charge in [-0.2, -0.15) is 0 Å². The Morgan fingerprint density at radius 2 is 1.85 bits per heavy atom. The van der Waals surface area contributed by atoms with Crippen molar-refractivity contribution in [1.82, 2.24) is 10.2 Å². The van der Waals surface area contributed by atoms with E-state index in [2.05, 4.69) is 5.32 Å². The number of ether oxygens (including phenoxy) is 1. The molecule has 2 aliphatic heterocycles. The second-order valence-electron chi connectivity index (χ2n) is 9.66. The van der Waals surface area contributed by atoms with Crippen molar-refractivity contribution >= 4 is 17.6 Å². The van der Waals surface area contributed by atoms with Gasteiger partial charge in [-0.1, -0.05) is 42.5 Å². The fourth-order valence-corrected chi connectivity index (χ4v) is 5.23. The second-order valence-corrected chi connectivity index (χ2v) is 9.66. The van der Waals surface area contributed by atoms with Crippen molar-refractivity contribution < 1.29 is 19.1 Å². The van der Waals surface area contributed by atoms with Crippen LogP contribution in [-0.4, -0.2) is 48.2 Å². The van der Waals surface area contributed by atoms with Gasteiger partial charge in [-0.25, -0.2) is 0 Å². The van der Waals surface area contributed by atoms with Crippen LogP contribution in [-0.2, 0) is 27.2 Å². The number of ketones is 1. The Kier molecular flexibility index (Phi) is 7.66. The Morgan fingerprint density at radius 3 is 2.53 bits per heavy atom. The number of benzene rings is 2. The van der Waals surface area contributed by atoms with Crippen molar-refractivity contribution in [2.75, 3.05) is 20.2 Å². The van der Waals surface area contributed by atoms with Gasteiger partial charge < -0.3 is 15.0 Å². The number of nitrogens with zero attached hydrogens (tertiary/aromatic N) is 1. The Balaban J connectivity index is 1.34. The zero-order chi connectivity index (χ0) is 24.0. The first-order chi connectivity index (χ1) is 16.5. The molecule has 2 heterocycles. The minimum atomic E-state index is -0.403. The lowest BCUT2D eigenvalue weighted by Crippen LogP contribution is -2.46. The van der Waals surface area contributed by atoms with Crippen molar-refractivity contribution in [1.29, 1.82) is 0 Å². The Morgan fingerprint density at radius 1 is 1.09 bits per heavy atom. The predicted molar refractivity (Wildman–Crippen MR) is 130 cm³/mol. The Bertz CT molecular complexity index is 1000. The van der Waals surface area contributed by atoms with Gasteiger partial charge >= 0.3 is 0 Å². The van der Waals surface area contributed by atoms with E-state index >= 15 is 0 Å². The van der Waals surface area contributed by atoms with Gasteiger partial charge in [0, 0.05) is 43.8 Å². The summed E-state index contributed by atoms with van der Waals surface area (Å²) in [7, 11) is 1.64. The molecule has 6 nitrogen and oxygen atoms in total. The maximum absolute atomic E-state index is 13.1. The summed E-state index contributed by atoms with van der Waals surface area (Å²) in [6, 6.07) is 17.7. The molecule has 0 spiro atoms. The first-order valence-electron chi connectivity index (χ1n) is 12.2. The molecule has 2 atom stereocenters. The molecule has 2 fully saturated rings. The summed E-state index contributed by atoms with van der Waals surface area (Å²) in [6.45, 7) is 1.20. The highest BCUT2D eigenvalue weighted by atomic mass is 16.5. The van der Waals surface area contributed by atoms with Gasteiger partial charge in [0.2, 0.25) is 11.8 Å². The number of rotatable bonds is 9. The molecule has 0 unspecified atom stereocenters. The molecule has 2 aromatic rings. The number of hydrogen-bond acceptors (Lipinski definition) is 4. The molecule has 2 amide bonds. The second kappa shape index (κ2) is 10.9. The maximum atomic E-state index is 13.1. The third-order valence-corrected chi connectivity index (χ3v) is 7.20. The first kappa shape index (κ1) is 24.0. The van der Waals surface area contributed by atoms with Crippen LogP contribution in [0, 0.1) is 5.92 Å². The molecule has 6 heteroatoms. The number of carbonyl (C=O) groups is 3. The molecule has 0 saturated carbocycles. The van der Waals surface area contributed by atoms with Crippen molar-refractivity contribution in [3.63, 3.8) is 0 Å². The summed E-state index contributed by atoms with van der Waals surface area (Å²) in [5.74, 6) is 1.03. The van der Waals surface area contributed by atoms with E-state index in [1.165, 1.54) is 0 Å². The molecule has 2 aliphatic rings. The summed E-state index contributed by atoms with van der Waals surface area (Å²) in [5, 5.41) is 3.16. The average molecular weight is 463 g/mol. The predicted octanol–water partition coefficient (Wildman–Crippen LogP) is 3.72. The lowest BCUT2D eigenvalue weighted by atomic mass is 9.84. The fraction of sp³-hybridized carbons (Fsp3) is 0.464. The standard InChI is InChI=1S/C28H34N2O4/c1-34-24-11-9-22(10-12-24)19-28(15-13-26(32)29-28)16-14-27(33)30-17-5-8-23(20-30)25(31)18-21-6-3-2-4-7-21/h2-4,6-7,9-12,23H,5,8,13-20H2,1H3,(H,29,32)/t23-,28-/m0/s1. The minimum absolute atomic E-state index is 0.0468. The zero-order valence-electron chi connectivity index (χ0n) is 19.9. The largest absolute Gasteiger partial charge is 0.497 e. The summed E-state index contributed by atoms with van der Waals surface area (Å²) in [6.07, 6.45) is 4.99. The van der Waals surface area contributed by atoms with Crippen LogP contribution in [0.2, 0.25) is 0 Å². The summed E-state index contributed by atoms with van der Waals surface area (Å²) >= 11 is 0. The van der Waals surface area contributed by atoms with Crippen LogP contribution in [0.15, 0.2) is 54.6 Å². The SMILES string of the molecule is COc1ccc(C[C@@]2(CCC(=O)N3CCC[C@H](C(=O)Cc4ccccc4)C3)CCC(=O)N2)cc1. The highest BCUT2D eigenvalue weighted by Crippen LogP contribution is 2.31. The van der Waals surface area contributed by atoms with Crippen molar-refractivity contribution in [2.24, 2.45) is 5.92 Å². The van der Waals surface area contributed by atoms with Crippen molar-refractivity contribution in [2.45, 2.75) is 56.9 Å². The number of carbonyl (C=O) groups excluding carboxylic acids is 3. The number of nitrogens with one attached hydrogen (secondary N) is 1. The molecule has 180 valence electrons. The number of methoxy groups -OCH3 is 1. The summed E-state index contributed by atoms with van der Waals surface area (Å²) in [5.41, 5.74) is 1.73. The fourth-order valence-electron chi connectivity index (χ4n) is 5.23. The van der Waals surface area contributed by atoms with Crippen LogP contribution in [0.4, 0.5) is 0 Å². The molecule has 1 N–H and O–H groups in total. The Hall–Kier alpha value is -3.15. The number of Topliss-reactive ketones (excluding diaryl/α,β-unsaturated/α-hetero) is 1. The number of amides is 2. The molecular formula is C28H34N2O4. The average Bonchev–Trinajstić information content (AvgIpc) is 3.24. The molecular weight excluding hydrogens is 428 g/mol. The van der Waals surface area contributed by atoms with Crippen molar-refractivity contribution in [3.8, 4) is 5.75 Å². The van der Waals surface area contributed by atoms with Gasteiger partial charge in [0.15, 0.2) is 0 Å². The van der Waals surface area contributed by atoms with Crippen LogP contribution in [0.1, 0.15) is 49.7 Å². The lowest BCUT2D eigenvalue weighted by molar-refractivity contribution is -0.135. The number of piperidine rings is 1. The monoisotopic (exact) mass is 462 g/mol. The van der Waals surface area contributed by atoms with Gasteiger partial charge in [-0.15, -0.1) is 0 Å². The van der Waals surface area contributed by atoms with Crippen LogP contribution in [0.25, 0.3) is 0 Å². The summed E-state index contributed by atoms with van der Waals surface area (Å²) < 4.78 is 5.24. The van der Waals surface area contributed by atoms with Gasteiger partial charge in [-0.05, 0) is 55.4 Å². The molecule has 34 heavy (non-hydrogen) atoms. The highest BCUT2D eigenvalue weighted by Gasteiger charge is 2.38. The van der Waals surface area contributed by atoms with Crippen LogP contribution in [0.5, 0.6) is 5.75 Å². The van der Waals surface area contributed by atoms with Crippen LogP contribution >= 0.6 is 0 Å². The van der Waals surface area contributed by atoms with E-state index in [0.29, 0.717) is 45.2 Å². The van der Waals surface area contributed by atoms with Crippen LogP contribution in [0.3, 0.4) is 0 Å². The summed E-state index contributed by atoms with van der Waals surface area (Å²) in [4.78, 5) is 39.9. The Labute approximate surface area is 201 Å². The molecule has 0 radical (unpaired) electrons. The van der Waals surface area contributed by atoms with Gasteiger partial charge in [0.05, 0.1) is 7.11 Å². The third kappa shape index (κ3) is 6.04. The van der Waals surface area contributed by atoms with Gasteiger partial charge in [-0.3, -0.25) is 14.4 Å². The lowest BCUT2D eigenvalue weighted by Gasteiger charge is -2.34. The van der Waals surface area contributed by atoms with E-state index in [4.69, 9.17) is 4.74 Å². The van der Waals surface area contributed by atoms with Crippen LogP contribution < -0.4 is 10.1 Å². The van der Waals surface area contributed by atoms with Crippen molar-refractivity contribution in [3.05, 3.63) is 65.7 Å². The quantitative estimate of drug-likeness (QED) is 0.616. The minimum Gasteiger partial charge on any atom is -0.497 e. The van der Waals surface area contributed by atoms with E-state index in [1.807, 2.05) is 59.5 Å². The maximum Gasteiger partial charge on any atom is 0.222 e. The molecule has 0 aliphatic carbocycles. The van der Waals surface area contributed by atoms with E-state index in [-0.39, 0.29) is 23.5 Å². The van der Waals surface area contributed by atoms with E-state index < -0.39 is 5.54 Å². The van der Waals surface area contributed by atoms with E-state index in [1.54, 1.807) is 7.11 Å². The zero-order valence-corrected chi connectivity index (χ0v) is 19.9. The molecule has 2 saturated heterocycles. The molecule has 0 bridgehead atoms. The molecule has 0 aromatic heterocycles. The number of likely N-dealkylation sites (tertiary alicyclic amines) is 1.